The Hall–Kier alpha value is 0.811. The molecule has 0 rings (SSSR count). The first kappa shape index (κ1) is 22.9. The number of hydrogen-bond acceptors (Lipinski definition) is 6. The Balaban J connectivity index is -0.000000218. The zero-order chi connectivity index (χ0) is 13.1. The molecule has 0 heterocycles. The molecule has 0 aliphatic heterocycles. The van der Waals surface area contributed by atoms with Crippen molar-refractivity contribution in [1.29, 1.82) is 0 Å². The van der Waals surface area contributed by atoms with E-state index < -0.39 is 33.5 Å². The Morgan fingerprint density at radius 3 is 1.18 bits per heavy atom. The number of carboxylic acids is 2. The van der Waals surface area contributed by atoms with Crippen LogP contribution < -0.4 is 10.2 Å². The molecule has 0 spiro atoms. The molecule has 0 radical (unpaired) electrons. The molecule has 0 aromatic carbocycles. The summed E-state index contributed by atoms with van der Waals surface area (Å²) in [4.78, 5) is 19.3. The summed E-state index contributed by atoms with van der Waals surface area (Å²) in [7, 11) is -2.01. The number of carbonyl (C=O) groups excluding carboxylic acids is 2. The molecule has 2 atom stereocenters. The monoisotopic (exact) mass is 408 g/mol. The predicted octanol–water partition coefficient (Wildman–Crippen LogP) is -3.37. The fourth-order valence-electron chi connectivity index (χ4n) is 0.454. The van der Waals surface area contributed by atoms with Gasteiger partial charge in [-0.05, 0) is 12.8 Å². The van der Waals surface area contributed by atoms with Crippen LogP contribution in [0, 0.1) is 0 Å². The van der Waals surface area contributed by atoms with Crippen LogP contribution in [-0.2, 0) is 31.2 Å². The van der Waals surface area contributed by atoms with Crippen molar-refractivity contribution >= 4 is 82.4 Å². The van der Waals surface area contributed by atoms with E-state index in [1.54, 1.807) is 0 Å². The molecular weight excluding hydrogens is 394 g/mol. The van der Waals surface area contributed by atoms with Gasteiger partial charge in [-0.2, -0.15) is 0 Å². The van der Waals surface area contributed by atoms with E-state index in [2.05, 4.69) is 0 Å². The molecule has 9 heteroatoms. The molecule has 0 fully saturated rings. The maximum atomic E-state index is 10.2. The van der Waals surface area contributed by atoms with Crippen LogP contribution in [0.4, 0.5) is 0 Å². The van der Waals surface area contributed by atoms with Crippen LogP contribution in [0.3, 0.4) is 0 Å². The van der Waals surface area contributed by atoms with E-state index in [-0.39, 0.29) is 73.2 Å². The summed E-state index contributed by atoms with van der Waals surface area (Å²) >= 11 is 0. The Bertz CT molecular complexity index is 225. The number of hydrogen-bond donors (Lipinski definition) is 0. The van der Waals surface area contributed by atoms with Gasteiger partial charge in [0.2, 0.25) is 0 Å². The predicted molar refractivity (Wildman–Crippen MR) is 62.9 cm³/mol. The number of carbonyl (C=O) groups is 2. The van der Waals surface area contributed by atoms with Crippen molar-refractivity contribution in [3.63, 3.8) is 0 Å². The molecular formula is C8H14BaO6S2. The van der Waals surface area contributed by atoms with Crippen molar-refractivity contribution in [2.75, 3.05) is 24.0 Å². The van der Waals surface area contributed by atoms with Crippen molar-refractivity contribution < 1.29 is 28.2 Å². The van der Waals surface area contributed by atoms with Gasteiger partial charge in [0, 0.05) is 57.6 Å². The van der Waals surface area contributed by atoms with Crippen LogP contribution in [-0.4, -0.2) is 93.3 Å². The maximum Gasteiger partial charge on any atom is 2.00 e. The van der Waals surface area contributed by atoms with E-state index in [1.165, 1.54) is 12.5 Å². The van der Waals surface area contributed by atoms with Gasteiger partial charge >= 0.3 is 48.9 Å². The quantitative estimate of drug-likeness (QED) is 0.425. The Morgan fingerprint density at radius 2 is 1.12 bits per heavy atom. The van der Waals surface area contributed by atoms with E-state index in [4.69, 9.17) is 0 Å². The Kier molecular flexibility index (Phi) is 20.1. The molecule has 0 amide bonds. The van der Waals surface area contributed by atoms with Gasteiger partial charge in [0.15, 0.2) is 0 Å². The molecule has 0 N–H and O–H groups in total. The largest absolute Gasteiger partial charge is 2.00 e. The van der Waals surface area contributed by atoms with Crippen LogP contribution in [0.1, 0.15) is 12.8 Å². The van der Waals surface area contributed by atoms with E-state index in [0.29, 0.717) is 0 Å². The molecule has 17 heavy (non-hydrogen) atoms. The SMILES string of the molecule is CS(=O)CCC(=O)[O-].CS(=O)CCC(=O)[O-].[Ba+2]. The van der Waals surface area contributed by atoms with Crippen LogP contribution in [0.15, 0.2) is 0 Å². The number of carboxylic acid groups (broad SMARTS) is 2. The topological polar surface area (TPSA) is 114 Å². The van der Waals surface area contributed by atoms with Gasteiger partial charge < -0.3 is 19.8 Å². The maximum absolute atomic E-state index is 10.2. The minimum Gasteiger partial charge on any atom is -0.550 e. The van der Waals surface area contributed by atoms with Crippen molar-refractivity contribution in [2.24, 2.45) is 0 Å². The third kappa shape index (κ3) is 31.6. The molecule has 0 aliphatic carbocycles. The minimum absolute atomic E-state index is 0. The second kappa shape index (κ2) is 14.9. The van der Waals surface area contributed by atoms with E-state index >= 15 is 0 Å². The normalized spacial score (nSPS) is 12.4. The van der Waals surface area contributed by atoms with Gasteiger partial charge in [-0.1, -0.05) is 0 Å². The number of rotatable bonds is 6. The standard InChI is InChI=1S/2C4H8O3S.Ba/c2*1-8(7)3-2-4(5)6;/h2*2-3H2,1H3,(H,5,6);/q;;+2/p-2. The molecule has 0 saturated heterocycles. The average Bonchev–Trinajstić information content (AvgIpc) is 2.12. The molecule has 6 nitrogen and oxygen atoms in total. The molecule has 0 saturated carbocycles. The fraction of sp³-hybridized carbons (Fsp3) is 0.750. The summed E-state index contributed by atoms with van der Waals surface area (Å²) < 4.78 is 20.3. The first-order valence-corrected chi connectivity index (χ1v) is 7.71. The Labute approximate surface area is 146 Å². The summed E-state index contributed by atoms with van der Waals surface area (Å²) in [6, 6.07) is 0. The molecule has 2 unspecified atom stereocenters. The van der Waals surface area contributed by atoms with Gasteiger partial charge in [0.1, 0.15) is 0 Å². The van der Waals surface area contributed by atoms with Crippen LogP contribution >= 0.6 is 0 Å². The molecule has 96 valence electrons. The van der Waals surface area contributed by atoms with Crippen LogP contribution in [0.25, 0.3) is 0 Å². The summed E-state index contributed by atoms with van der Waals surface area (Å²) in [5, 5.41) is 19.3. The molecule has 0 aromatic rings. The fourth-order valence-corrected chi connectivity index (χ4v) is 1.36. The van der Waals surface area contributed by atoms with Gasteiger partial charge in [-0.15, -0.1) is 0 Å². The van der Waals surface area contributed by atoms with E-state index in [9.17, 15) is 28.2 Å². The van der Waals surface area contributed by atoms with Gasteiger partial charge in [0.05, 0.1) is 0 Å². The second-order valence-corrected chi connectivity index (χ2v) is 5.91. The average molecular weight is 408 g/mol. The van der Waals surface area contributed by atoms with E-state index in [0.717, 1.165) is 0 Å². The summed E-state index contributed by atoms with van der Waals surface area (Å²) in [6.07, 6.45) is 2.71. The first-order valence-electron chi connectivity index (χ1n) is 4.25. The first-order chi connectivity index (χ1) is 7.25. The third-order valence-electron chi connectivity index (χ3n) is 1.19. The smallest absolute Gasteiger partial charge is 0.550 e. The van der Waals surface area contributed by atoms with Gasteiger partial charge in [-0.3, -0.25) is 8.42 Å². The van der Waals surface area contributed by atoms with Crippen molar-refractivity contribution in [2.45, 2.75) is 12.8 Å². The van der Waals surface area contributed by atoms with Crippen molar-refractivity contribution in [3.8, 4) is 0 Å². The second-order valence-electron chi connectivity index (χ2n) is 2.80. The van der Waals surface area contributed by atoms with Crippen LogP contribution in [0.2, 0.25) is 0 Å². The minimum atomic E-state index is -1.14. The molecule has 0 aliphatic rings. The zero-order valence-corrected chi connectivity index (χ0v) is 15.9. The molecule has 0 bridgehead atoms. The number of aliphatic carboxylic acids is 2. The molecule has 0 aromatic heterocycles. The summed E-state index contributed by atoms with van der Waals surface area (Å²) in [6.45, 7) is 0. The van der Waals surface area contributed by atoms with Crippen molar-refractivity contribution in [3.05, 3.63) is 0 Å². The third-order valence-corrected chi connectivity index (χ3v) is 2.75. The van der Waals surface area contributed by atoms with E-state index in [1.807, 2.05) is 0 Å². The summed E-state index contributed by atoms with van der Waals surface area (Å²) in [5.74, 6) is -1.88. The summed E-state index contributed by atoms with van der Waals surface area (Å²) in [5.41, 5.74) is 0. The van der Waals surface area contributed by atoms with Crippen LogP contribution in [0.5, 0.6) is 0 Å². The van der Waals surface area contributed by atoms with Gasteiger partial charge in [-0.25, -0.2) is 0 Å². The van der Waals surface area contributed by atoms with Crippen molar-refractivity contribution in [1.82, 2.24) is 0 Å². The Morgan fingerprint density at radius 1 is 0.882 bits per heavy atom. The zero-order valence-electron chi connectivity index (χ0n) is 9.80. The van der Waals surface area contributed by atoms with Gasteiger partial charge in [0.25, 0.3) is 0 Å².